The first kappa shape index (κ1) is 20.7. The lowest BCUT2D eigenvalue weighted by Gasteiger charge is -2.15. The summed E-state index contributed by atoms with van der Waals surface area (Å²) >= 11 is 1.69. The predicted octanol–water partition coefficient (Wildman–Crippen LogP) is 4.07. The zero-order chi connectivity index (χ0) is 16.7. The zero-order valence-corrected chi connectivity index (χ0v) is 16.9. The smallest absolute Gasteiger partial charge is 0.191 e. The summed E-state index contributed by atoms with van der Waals surface area (Å²) in [6.45, 7) is 6.03. The summed E-state index contributed by atoms with van der Waals surface area (Å²) in [6.07, 6.45) is 0. The number of thiophene rings is 1. The van der Waals surface area contributed by atoms with Crippen LogP contribution in [0.25, 0.3) is 0 Å². The number of guanidine groups is 1. The summed E-state index contributed by atoms with van der Waals surface area (Å²) in [4.78, 5) is 4.46. The number of aromatic hydroxyl groups is 1. The molecular weight excluding hydrogens is 440 g/mol. The van der Waals surface area contributed by atoms with E-state index in [1.165, 1.54) is 17.7 Å². The maximum absolute atomic E-state index is 13.3. The van der Waals surface area contributed by atoms with Crippen molar-refractivity contribution in [2.45, 2.75) is 26.3 Å². The highest BCUT2D eigenvalue weighted by Gasteiger charge is 2.07. The number of rotatable bonds is 6. The molecule has 0 bridgehead atoms. The Morgan fingerprint density at radius 2 is 2.12 bits per heavy atom. The molecule has 1 aromatic heterocycles. The van der Waals surface area contributed by atoms with Gasteiger partial charge in [-0.2, -0.15) is 11.3 Å². The Balaban J connectivity index is 0.00000288. The molecule has 2 rings (SSSR count). The van der Waals surface area contributed by atoms with Crippen molar-refractivity contribution in [3.8, 4) is 5.75 Å². The minimum atomic E-state index is -0.623. The van der Waals surface area contributed by atoms with Crippen LogP contribution in [0, 0.1) is 5.82 Å². The summed E-state index contributed by atoms with van der Waals surface area (Å²) in [6, 6.07) is 6.44. The second kappa shape index (κ2) is 10.5. The van der Waals surface area contributed by atoms with Crippen LogP contribution in [0.3, 0.4) is 0 Å². The van der Waals surface area contributed by atoms with E-state index in [9.17, 15) is 9.50 Å². The fourth-order valence-electron chi connectivity index (χ4n) is 2.08. The van der Waals surface area contributed by atoms with E-state index < -0.39 is 5.82 Å². The van der Waals surface area contributed by atoms with Crippen LogP contribution in [-0.2, 0) is 6.54 Å². The minimum Gasteiger partial charge on any atom is -0.505 e. The van der Waals surface area contributed by atoms with Gasteiger partial charge in [0.15, 0.2) is 17.5 Å². The first-order chi connectivity index (χ1) is 11.1. The molecule has 0 spiro atoms. The van der Waals surface area contributed by atoms with Crippen LogP contribution in [0.2, 0.25) is 0 Å². The summed E-state index contributed by atoms with van der Waals surface area (Å²) in [5, 5.41) is 19.9. The van der Waals surface area contributed by atoms with Crippen molar-refractivity contribution in [1.82, 2.24) is 10.6 Å². The SMILES string of the molecule is CCNC(=NCc1ccc(O)c(F)c1)NCC(C)c1ccsc1.I. The molecule has 1 unspecified atom stereocenters. The molecule has 0 aliphatic carbocycles. The topological polar surface area (TPSA) is 56.7 Å². The van der Waals surface area contributed by atoms with E-state index in [2.05, 4.69) is 39.4 Å². The Morgan fingerprint density at radius 1 is 1.33 bits per heavy atom. The van der Waals surface area contributed by atoms with Crippen LogP contribution in [0.4, 0.5) is 4.39 Å². The van der Waals surface area contributed by atoms with Gasteiger partial charge in [-0.15, -0.1) is 24.0 Å². The second-order valence-corrected chi connectivity index (χ2v) is 6.10. The van der Waals surface area contributed by atoms with E-state index in [0.29, 0.717) is 24.0 Å². The number of aliphatic imine (C=N–C) groups is 1. The number of halogens is 2. The van der Waals surface area contributed by atoms with Crippen LogP contribution < -0.4 is 10.6 Å². The molecule has 132 valence electrons. The summed E-state index contributed by atoms with van der Waals surface area (Å²) < 4.78 is 13.3. The van der Waals surface area contributed by atoms with E-state index >= 15 is 0 Å². The van der Waals surface area contributed by atoms with Gasteiger partial charge in [-0.1, -0.05) is 13.0 Å². The fourth-order valence-corrected chi connectivity index (χ4v) is 2.87. The molecule has 3 N–H and O–H groups in total. The van der Waals surface area contributed by atoms with Gasteiger partial charge in [-0.05, 0) is 52.9 Å². The monoisotopic (exact) mass is 463 g/mol. The lowest BCUT2D eigenvalue weighted by atomic mass is 10.1. The Bertz CT molecular complexity index is 649. The molecule has 0 aliphatic heterocycles. The molecule has 1 atom stereocenters. The van der Waals surface area contributed by atoms with Crippen molar-refractivity contribution in [2.75, 3.05) is 13.1 Å². The van der Waals surface area contributed by atoms with Gasteiger partial charge in [0.2, 0.25) is 0 Å². The highest BCUT2D eigenvalue weighted by atomic mass is 127. The molecule has 1 heterocycles. The summed E-state index contributed by atoms with van der Waals surface area (Å²) in [5.41, 5.74) is 2.02. The highest BCUT2D eigenvalue weighted by molar-refractivity contribution is 14.0. The average molecular weight is 463 g/mol. The number of phenolic OH excluding ortho intramolecular Hbond substituents is 1. The molecule has 0 amide bonds. The van der Waals surface area contributed by atoms with Crippen molar-refractivity contribution in [3.05, 3.63) is 52.0 Å². The molecule has 4 nitrogen and oxygen atoms in total. The van der Waals surface area contributed by atoms with Gasteiger partial charge in [0.1, 0.15) is 0 Å². The van der Waals surface area contributed by atoms with Gasteiger partial charge in [0.05, 0.1) is 6.54 Å². The van der Waals surface area contributed by atoms with E-state index in [0.717, 1.165) is 13.1 Å². The van der Waals surface area contributed by atoms with Gasteiger partial charge in [0, 0.05) is 13.1 Å². The molecule has 2 aromatic rings. The fraction of sp³-hybridized carbons (Fsp3) is 0.353. The van der Waals surface area contributed by atoms with Gasteiger partial charge in [-0.3, -0.25) is 0 Å². The predicted molar refractivity (Wildman–Crippen MR) is 109 cm³/mol. The van der Waals surface area contributed by atoms with Crippen molar-refractivity contribution >= 4 is 41.3 Å². The van der Waals surface area contributed by atoms with Crippen molar-refractivity contribution in [3.63, 3.8) is 0 Å². The Labute approximate surface area is 163 Å². The molecule has 0 fully saturated rings. The third kappa shape index (κ3) is 6.27. The van der Waals surface area contributed by atoms with Crippen LogP contribution in [0.5, 0.6) is 5.75 Å². The third-order valence-corrected chi connectivity index (χ3v) is 4.17. The van der Waals surface area contributed by atoms with Gasteiger partial charge in [0.25, 0.3) is 0 Å². The molecule has 0 radical (unpaired) electrons. The van der Waals surface area contributed by atoms with Crippen molar-refractivity contribution in [2.24, 2.45) is 4.99 Å². The van der Waals surface area contributed by atoms with E-state index in [1.807, 2.05) is 6.92 Å². The number of phenols is 1. The van der Waals surface area contributed by atoms with Crippen molar-refractivity contribution < 1.29 is 9.50 Å². The van der Waals surface area contributed by atoms with Gasteiger partial charge < -0.3 is 15.7 Å². The van der Waals surface area contributed by atoms with Crippen LogP contribution in [0.15, 0.2) is 40.0 Å². The first-order valence-electron chi connectivity index (χ1n) is 7.61. The normalized spacial score (nSPS) is 12.4. The Kier molecular flexibility index (Phi) is 9.05. The average Bonchev–Trinajstić information content (AvgIpc) is 3.07. The molecule has 1 aromatic carbocycles. The van der Waals surface area contributed by atoms with E-state index in [4.69, 9.17) is 0 Å². The molecule has 0 saturated carbocycles. The maximum atomic E-state index is 13.3. The third-order valence-electron chi connectivity index (χ3n) is 3.46. The molecule has 0 saturated heterocycles. The summed E-state index contributed by atoms with van der Waals surface area (Å²) in [7, 11) is 0. The number of nitrogens with one attached hydrogen (secondary N) is 2. The molecule has 7 heteroatoms. The minimum absolute atomic E-state index is 0. The van der Waals surface area contributed by atoms with Crippen LogP contribution in [-0.4, -0.2) is 24.2 Å². The van der Waals surface area contributed by atoms with Gasteiger partial charge >= 0.3 is 0 Å². The number of nitrogens with zero attached hydrogens (tertiary/aromatic N) is 1. The first-order valence-corrected chi connectivity index (χ1v) is 8.56. The van der Waals surface area contributed by atoms with Crippen molar-refractivity contribution in [1.29, 1.82) is 0 Å². The number of hydrogen-bond acceptors (Lipinski definition) is 3. The molecule has 24 heavy (non-hydrogen) atoms. The van der Waals surface area contributed by atoms with E-state index in [-0.39, 0.29) is 29.7 Å². The number of benzene rings is 1. The lowest BCUT2D eigenvalue weighted by molar-refractivity contribution is 0.432. The number of hydrogen-bond donors (Lipinski definition) is 3. The summed E-state index contributed by atoms with van der Waals surface area (Å²) in [5.74, 6) is 0.119. The van der Waals surface area contributed by atoms with Crippen LogP contribution >= 0.6 is 35.3 Å². The maximum Gasteiger partial charge on any atom is 0.191 e. The standard InChI is InChI=1S/C17H22FN3OS.HI/c1-3-19-17(20-9-12(2)14-6-7-23-11-14)21-10-13-4-5-16(22)15(18)8-13;/h4-8,11-12,22H,3,9-10H2,1-2H3,(H2,19,20,21);1H. The zero-order valence-electron chi connectivity index (χ0n) is 13.8. The molecular formula is C17H23FIN3OS. The Morgan fingerprint density at radius 3 is 2.75 bits per heavy atom. The Hall–Kier alpha value is -1.35. The molecule has 0 aliphatic rings. The van der Waals surface area contributed by atoms with Gasteiger partial charge in [-0.25, -0.2) is 9.38 Å². The second-order valence-electron chi connectivity index (χ2n) is 5.32. The van der Waals surface area contributed by atoms with Crippen LogP contribution in [0.1, 0.15) is 30.9 Å². The van der Waals surface area contributed by atoms with E-state index in [1.54, 1.807) is 17.4 Å². The largest absolute Gasteiger partial charge is 0.505 e. The quantitative estimate of drug-likeness (QED) is 0.344. The highest BCUT2D eigenvalue weighted by Crippen LogP contribution is 2.18. The lowest BCUT2D eigenvalue weighted by Crippen LogP contribution is -2.39.